The van der Waals surface area contributed by atoms with Crippen LogP contribution in [0.5, 0.6) is 0 Å². The number of rotatable bonds is 2. The fourth-order valence-corrected chi connectivity index (χ4v) is 1.60. The van der Waals surface area contributed by atoms with Crippen LogP contribution in [-0.4, -0.2) is 9.78 Å². The third-order valence-electron chi connectivity index (χ3n) is 2.35. The van der Waals surface area contributed by atoms with Crippen LogP contribution in [0.1, 0.15) is 11.3 Å². The summed E-state index contributed by atoms with van der Waals surface area (Å²) >= 11 is 0. The van der Waals surface area contributed by atoms with E-state index >= 15 is 0 Å². The fourth-order valence-electron chi connectivity index (χ4n) is 1.60. The van der Waals surface area contributed by atoms with Crippen LogP contribution >= 0.6 is 0 Å². The van der Waals surface area contributed by atoms with E-state index in [1.54, 1.807) is 10.7 Å². The Morgan fingerprint density at radius 3 is 2.73 bits per heavy atom. The number of nitrogen functional groups attached to an aromatic ring is 1. The van der Waals surface area contributed by atoms with Gasteiger partial charge in [-0.1, -0.05) is 18.2 Å². The van der Waals surface area contributed by atoms with Crippen LogP contribution in [0, 0.1) is 6.92 Å². The summed E-state index contributed by atoms with van der Waals surface area (Å²) in [6.45, 7) is 2.46. The topological polar surface area (TPSA) is 69.9 Å². The highest BCUT2D eigenvalue weighted by atomic mass is 15.3. The van der Waals surface area contributed by atoms with E-state index in [9.17, 15) is 0 Å². The Labute approximate surface area is 88.5 Å². The largest absolute Gasteiger partial charge is 0.382 e. The highest BCUT2D eigenvalue weighted by Crippen LogP contribution is 2.16. The first-order valence-corrected chi connectivity index (χ1v) is 4.83. The number of hydrogen-bond acceptors (Lipinski definition) is 3. The molecule has 4 N–H and O–H groups in total. The standard InChI is InChI=1S/C11H14N4/c1-8-4-2-3-5-10(8)15-9(7-12)6-11(13)14-15/h2-6H,7,12H2,1H3,(H2,13,14). The second-order valence-electron chi connectivity index (χ2n) is 3.46. The van der Waals surface area contributed by atoms with Crippen LogP contribution in [0.25, 0.3) is 5.69 Å². The lowest BCUT2D eigenvalue weighted by atomic mass is 10.2. The van der Waals surface area contributed by atoms with E-state index in [1.165, 1.54) is 0 Å². The van der Waals surface area contributed by atoms with Gasteiger partial charge in [0.05, 0.1) is 11.4 Å². The minimum Gasteiger partial charge on any atom is -0.382 e. The van der Waals surface area contributed by atoms with Gasteiger partial charge in [-0.25, -0.2) is 4.68 Å². The van der Waals surface area contributed by atoms with Crippen LogP contribution in [0.4, 0.5) is 5.82 Å². The van der Waals surface area contributed by atoms with Crippen LogP contribution < -0.4 is 11.5 Å². The van der Waals surface area contributed by atoms with Crippen molar-refractivity contribution in [1.29, 1.82) is 0 Å². The van der Waals surface area contributed by atoms with E-state index in [2.05, 4.69) is 5.10 Å². The lowest BCUT2D eigenvalue weighted by molar-refractivity contribution is 0.802. The Kier molecular flexibility index (Phi) is 2.43. The van der Waals surface area contributed by atoms with E-state index in [4.69, 9.17) is 11.5 Å². The minimum atomic E-state index is 0.429. The van der Waals surface area contributed by atoms with Crippen molar-refractivity contribution in [3.63, 3.8) is 0 Å². The van der Waals surface area contributed by atoms with Gasteiger partial charge in [-0.2, -0.15) is 5.10 Å². The van der Waals surface area contributed by atoms with Gasteiger partial charge in [-0.05, 0) is 18.6 Å². The van der Waals surface area contributed by atoms with Crippen LogP contribution in [0.15, 0.2) is 30.3 Å². The summed E-state index contributed by atoms with van der Waals surface area (Å²) in [6.07, 6.45) is 0. The van der Waals surface area contributed by atoms with Gasteiger partial charge in [0.25, 0.3) is 0 Å². The zero-order chi connectivity index (χ0) is 10.8. The molecule has 0 fully saturated rings. The summed E-state index contributed by atoms with van der Waals surface area (Å²) < 4.78 is 1.80. The monoisotopic (exact) mass is 202 g/mol. The average molecular weight is 202 g/mol. The Hall–Kier alpha value is -1.81. The first-order chi connectivity index (χ1) is 7.22. The van der Waals surface area contributed by atoms with Crippen molar-refractivity contribution in [3.05, 3.63) is 41.6 Å². The lowest BCUT2D eigenvalue weighted by Crippen LogP contribution is -2.07. The van der Waals surface area contributed by atoms with Crippen molar-refractivity contribution in [2.75, 3.05) is 5.73 Å². The Bertz CT molecular complexity index is 473. The average Bonchev–Trinajstić information content (AvgIpc) is 2.60. The summed E-state index contributed by atoms with van der Waals surface area (Å²) in [7, 11) is 0. The number of para-hydroxylation sites is 1. The molecule has 0 aliphatic carbocycles. The number of aromatic nitrogens is 2. The second-order valence-corrected chi connectivity index (χ2v) is 3.46. The molecule has 0 unspecified atom stereocenters. The number of benzene rings is 1. The molecule has 4 nitrogen and oxygen atoms in total. The summed E-state index contributed by atoms with van der Waals surface area (Å²) in [5.41, 5.74) is 14.4. The SMILES string of the molecule is Cc1ccccc1-n1nc(N)cc1CN. The molecule has 78 valence electrons. The van der Waals surface area contributed by atoms with E-state index < -0.39 is 0 Å². The van der Waals surface area contributed by atoms with Crippen molar-refractivity contribution in [1.82, 2.24) is 9.78 Å². The van der Waals surface area contributed by atoms with Crippen LogP contribution in [0.3, 0.4) is 0 Å². The highest BCUT2D eigenvalue weighted by molar-refractivity contribution is 5.43. The van der Waals surface area contributed by atoms with Crippen molar-refractivity contribution in [3.8, 4) is 5.69 Å². The van der Waals surface area contributed by atoms with E-state index in [0.717, 1.165) is 16.9 Å². The van der Waals surface area contributed by atoms with Crippen molar-refractivity contribution < 1.29 is 0 Å². The number of nitrogens with two attached hydrogens (primary N) is 2. The molecule has 4 heteroatoms. The second kappa shape index (κ2) is 3.74. The van der Waals surface area contributed by atoms with Gasteiger partial charge in [0.2, 0.25) is 0 Å². The number of aryl methyl sites for hydroxylation is 1. The molecule has 0 aliphatic heterocycles. The van der Waals surface area contributed by atoms with Crippen LogP contribution in [0.2, 0.25) is 0 Å². The number of hydrogen-bond donors (Lipinski definition) is 2. The van der Waals surface area contributed by atoms with Gasteiger partial charge < -0.3 is 11.5 Å². The Balaban J connectivity index is 2.58. The first-order valence-electron chi connectivity index (χ1n) is 4.83. The zero-order valence-electron chi connectivity index (χ0n) is 8.64. The Morgan fingerprint density at radius 2 is 2.07 bits per heavy atom. The molecule has 0 radical (unpaired) electrons. The van der Waals surface area contributed by atoms with E-state index in [0.29, 0.717) is 12.4 Å². The normalized spacial score (nSPS) is 10.5. The zero-order valence-corrected chi connectivity index (χ0v) is 8.64. The summed E-state index contributed by atoms with van der Waals surface area (Å²) in [4.78, 5) is 0. The molecule has 2 aromatic rings. The molecule has 1 heterocycles. The molecular weight excluding hydrogens is 188 g/mol. The maximum absolute atomic E-state index is 5.65. The molecule has 0 saturated carbocycles. The molecule has 0 aliphatic rings. The summed E-state index contributed by atoms with van der Waals surface area (Å²) in [5.74, 6) is 0.499. The fraction of sp³-hybridized carbons (Fsp3) is 0.182. The van der Waals surface area contributed by atoms with E-state index in [-0.39, 0.29) is 0 Å². The molecule has 1 aromatic carbocycles. The maximum atomic E-state index is 5.65. The van der Waals surface area contributed by atoms with E-state index in [1.807, 2.05) is 31.2 Å². The van der Waals surface area contributed by atoms with Crippen molar-refractivity contribution in [2.45, 2.75) is 13.5 Å². The smallest absolute Gasteiger partial charge is 0.146 e. The van der Waals surface area contributed by atoms with Gasteiger partial charge in [0, 0.05) is 12.6 Å². The van der Waals surface area contributed by atoms with Gasteiger partial charge in [-0.3, -0.25) is 0 Å². The molecule has 0 bridgehead atoms. The predicted molar refractivity (Wildman–Crippen MR) is 60.6 cm³/mol. The molecule has 0 spiro atoms. The van der Waals surface area contributed by atoms with Crippen LogP contribution in [-0.2, 0) is 6.54 Å². The number of anilines is 1. The lowest BCUT2D eigenvalue weighted by Gasteiger charge is -2.08. The minimum absolute atomic E-state index is 0.429. The molecule has 2 rings (SSSR count). The maximum Gasteiger partial charge on any atom is 0.146 e. The molecule has 0 atom stereocenters. The molecular formula is C11H14N4. The molecule has 1 aromatic heterocycles. The molecule has 0 amide bonds. The molecule has 15 heavy (non-hydrogen) atoms. The quantitative estimate of drug-likeness (QED) is 0.769. The molecule has 0 saturated heterocycles. The predicted octanol–water partition coefficient (Wildman–Crippen LogP) is 1.22. The van der Waals surface area contributed by atoms with Crippen molar-refractivity contribution >= 4 is 5.82 Å². The van der Waals surface area contributed by atoms with Gasteiger partial charge in [0.15, 0.2) is 0 Å². The number of nitrogens with zero attached hydrogens (tertiary/aromatic N) is 2. The summed E-state index contributed by atoms with van der Waals surface area (Å²) in [6, 6.07) is 9.80. The first kappa shape index (κ1) is 9.73. The summed E-state index contributed by atoms with van der Waals surface area (Å²) in [5, 5.41) is 4.23. The van der Waals surface area contributed by atoms with Gasteiger partial charge >= 0.3 is 0 Å². The van der Waals surface area contributed by atoms with Gasteiger partial charge in [-0.15, -0.1) is 0 Å². The van der Waals surface area contributed by atoms with Gasteiger partial charge in [0.1, 0.15) is 5.82 Å². The highest BCUT2D eigenvalue weighted by Gasteiger charge is 2.07. The third-order valence-corrected chi connectivity index (χ3v) is 2.35. The van der Waals surface area contributed by atoms with Crippen molar-refractivity contribution in [2.24, 2.45) is 5.73 Å². The third kappa shape index (κ3) is 1.71. The Morgan fingerprint density at radius 1 is 1.33 bits per heavy atom.